The number of rotatable bonds is 6. The Bertz CT molecular complexity index is 663. The van der Waals surface area contributed by atoms with E-state index in [2.05, 4.69) is 10.3 Å². The third-order valence-corrected chi connectivity index (χ3v) is 3.13. The monoisotopic (exact) mass is 290 g/mol. The number of non-ortho nitro benzene ring substituents is 1. The number of aromatic nitrogens is 3. The second kappa shape index (κ2) is 6.12. The fraction of sp³-hybridized carbons (Fsp3) is 0.308. The number of hydrogen-bond acceptors (Lipinski definition) is 5. The largest absolute Gasteiger partial charge is 0.476 e. The van der Waals surface area contributed by atoms with Gasteiger partial charge in [-0.1, -0.05) is 24.3 Å². The van der Waals surface area contributed by atoms with Crippen LogP contribution in [0.5, 0.6) is 0 Å². The maximum absolute atomic E-state index is 11.0. The minimum Gasteiger partial charge on any atom is -0.476 e. The Hall–Kier alpha value is -2.77. The molecule has 1 aromatic carbocycles. The molecule has 1 heterocycles. The Labute approximate surface area is 120 Å². The Balaban J connectivity index is 2.09. The van der Waals surface area contributed by atoms with E-state index in [0.29, 0.717) is 25.1 Å². The molecule has 0 aliphatic carbocycles. The van der Waals surface area contributed by atoms with Crippen molar-refractivity contribution in [2.45, 2.75) is 26.3 Å². The van der Waals surface area contributed by atoms with Crippen LogP contribution in [-0.2, 0) is 19.4 Å². The molecule has 0 unspecified atom stereocenters. The average molecular weight is 290 g/mol. The van der Waals surface area contributed by atoms with Crippen LogP contribution < -0.4 is 0 Å². The molecular weight excluding hydrogens is 276 g/mol. The minimum atomic E-state index is -1.09. The predicted molar refractivity (Wildman–Crippen MR) is 73.2 cm³/mol. The van der Waals surface area contributed by atoms with Crippen LogP contribution in [0.15, 0.2) is 24.3 Å². The molecule has 0 saturated heterocycles. The summed E-state index contributed by atoms with van der Waals surface area (Å²) < 4.78 is 1.56. The number of carboxylic acid groups (broad SMARTS) is 1. The quantitative estimate of drug-likeness (QED) is 0.640. The topological polar surface area (TPSA) is 111 Å². The van der Waals surface area contributed by atoms with Crippen LogP contribution in [0.1, 0.15) is 28.7 Å². The fourth-order valence-corrected chi connectivity index (χ4v) is 2.05. The minimum absolute atomic E-state index is 0.0267. The summed E-state index contributed by atoms with van der Waals surface area (Å²) in [6.45, 7) is 2.31. The molecule has 0 amide bonds. The fourth-order valence-electron chi connectivity index (χ4n) is 2.05. The summed E-state index contributed by atoms with van der Waals surface area (Å²) in [5.41, 5.74) is 1.50. The van der Waals surface area contributed by atoms with Gasteiger partial charge in [-0.15, -0.1) is 5.10 Å². The first-order chi connectivity index (χ1) is 10.0. The van der Waals surface area contributed by atoms with Crippen molar-refractivity contribution in [1.29, 1.82) is 0 Å². The van der Waals surface area contributed by atoms with Gasteiger partial charge in [0.25, 0.3) is 5.69 Å². The molecule has 8 heteroatoms. The van der Waals surface area contributed by atoms with Crippen molar-refractivity contribution in [3.63, 3.8) is 0 Å². The number of aromatic carboxylic acids is 1. The third kappa shape index (κ3) is 3.22. The highest BCUT2D eigenvalue weighted by molar-refractivity contribution is 5.86. The molecule has 1 aromatic heterocycles. The molecule has 0 bridgehead atoms. The third-order valence-electron chi connectivity index (χ3n) is 3.13. The number of aryl methyl sites for hydroxylation is 2. The molecule has 21 heavy (non-hydrogen) atoms. The molecule has 2 aromatic rings. The van der Waals surface area contributed by atoms with Crippen molar-refractivity contribution >= 4 is 11.7 Å². The maximum Gasteiger partial charge on any atom is 0.358 e. The highest BCUT2D eigenvalue weighted by Crippen LogP contribution is 2.13. The molecular formula is C13H14N4O4. The van der Waals surface area contributed by atoms with Crippen LogP contribution in [0.3, 0.4) is 0 Å². The summed E-state index contributed by atoms with van der Waals surface area (Å²) in [4.78, 5) is 21.1. The molecule has 0 aliphatic rings. The van der Waals surface area contributed by atoms with Gasteiger partial charge in [0.2, 0.25) is 0 Å². The predicted octanol–water partition coefficient (Wildman–Crippen LogP) is 1.69. The van der Waals surface area contributed by atoms with Crippen molar-refractivity contribution in [2.75, 3.05) is 0 Å². The van der Waals surface area contributed by atoms with Gasteiger partial charge in [0.15, 0.2) is 5.69 Å². The average Bonchev–Trinajstić information content (AvgIpc) is 2.88. The van der Waals surface area contributed by atoms with Crippen molar-refractivity contribution < 1.29 is 14.8 Å². The molecule has 1 N–H and O–H groups in total. The Morgan fingerprint density at radius 1 is 1.38 bits per heavy atom. The van der Waals surface area contributed by atoms with Gasteiger partial charge in [-0.3, -0.25) is 10.1 Å². The first-order valence-electron chi connectivity index (χ1n) is 6.42. The van der Waals surface area contributed by atoms with Gasteiger partial charge in [-0.05, 0) is 18.4 Å². The number of benzene rings is 1. The van der Waals surface area contributed by atoms with E-state index in [0.717, 1.165) is 5.56 Å². The van der Waals surface area contributed by atoms with Gasteiger partial charge < -0.3 is 5.11 Å². The van der Waals surface area contributed by atoms with E-state index in [9.17, 15) is 14.9 Å². The summed E-state index contributed by atoms with van der Waals surface area (Å²) >= 11 is 0. The lowest BCUT2D eigenvalue weighted by Crippen LogP contribution is -2.09. The van der Waals surface area contributed by atoms with Crippen LogP contribution >= 0.6 is 0 Å². The highest BCUT2D eigenvalue weighted by Gasteiger charge is 2.17. The molecule has 0 atom stereocenters. The lowest BCUT2D eigenvalue weighted by atomic mass is 10.1. The second-order valence-electron chi connectivity index (χ2n) is 4.44. The highest BCUT2D eigenvalue weighted by atomic mass is 16.6. The van der Waals surface area contributed by atoms with Crippen LogP contribution in [0, 0.1) is 10.1 Å². The van der Waals surface area contributed by atoms with Crippen LogP contribution in [0.2, 0.25) is 0 Å². The maximum atomic E-state index is 11.0. The van der Waals surface area contributed by atoms with Gasteiger partial charge in [-0.25, -0.2) is 9.48 Å². The standard InChI is InChI=1S/C13H14N4O4/c1-2-11-12(13(18)19)14-15-16(11)8-7-9-3-5-10(6-4-9)17(20)21/h3-6H,2,7-8H2,1H3,(H,18,19). The molecule has 8 nitrogen and oxygen atoms in total. The zero-order chi connectivity index (χ0) is 15.4. The first-order valence-corrected chi connectivity index (χ1v) is 6.42. The molecule has 0 saturated carbocycles. The van der Waals surface area contributed by atoms with Crippen LogP contribution in [0.25, 0.3) is 0 Å². The zero-order valence-corrected chi connectivity index (χ0v) is 11.4. The SMILES string of the molecule is CCc1c(C(=O)O)nnn1CCc1ccc([N+](=O)[O-])cc1. The van der Waals surface area contributed by atoms with Gasteiger partial charge in [0, 0.05) is 18.7 Å². The van der Waals surface area contributed by atoms with Gasteiger partial charge >= 0.3 is 5.97 Å². The second-order valence-corrected chi connectivity index (χ2v) is 4.44. The van der Waals surface area contributed by atoms with E-state index < -0.39 is 10.9 Å². The van der Waals surface area contributed by atoms with Crippen LogP contribution in [0.4, 0.5) is 5.69 Å². The summed E-state index contributed by atoms with van der Waals surface area (Å²) in [5, 5.41) is 27.1. The van der Waals surface area contributed by atoms with Gasteiger partial charge in [-0.2, -0.15) is 0 Å². The summed E-state index contributed by atoms with van der Waals surface area (Å²) in [6, 6.07) is 6.25. The molecule has 0 radical (unpaired) electrons. The number of nitro benzene ring substituents is 1. The van der Waals surface area contributed by atoms with E-state index in [-0.39, 0.29) is 11.4 Å². The van der Waals surface area contributed by atoms with Gasteiger partial charge in [0.1, 0.15) is 0 Å². The van der Waals surface area contributed by atoms with Crippen molar-refractivity contribution in [3.05, 3.63) is 51.3 Å². The van der Waals surface area contributed by atoms with E-state index in [4.69, 9.17) is 5.11 Å². The summed E-state index contributed by atoms with van der Waals surface area (Å²) in [5.74, 6) is -1.09. The summed E-state index contributed by atoms with van der Waals surface area (Å²) in [7, 11) is 0. The number of carboxylic acids is 1. The molecule has 0 spiro atoms. The van der Waals surface area contributed by atoms with Gasteiger partial charge in [0.05, 0.1) is 10.6 Å². The first kappa shape index (κ1) is 14.6. The normalized spacial score (nSPS) is 10.5. The Morgan fingerprint density at radius 3 is 2.57 bits per heavy atom. The van der Waals surface area contributed by atoms with E-state index in [1.165, 1.54) is 12.1 Å². The smallest absolute Gasteiger partial charge is 0.358 e. The van der Waals surface area contributed by atoms with Crippen molar-refractivity contribution in [1.82, 2.24) is 15.0 Å². The van der Waals surface area contributed by atoms with E-state index in [1.807, 2.05) is 6.92 Å². The van der Waals surface area contributed by atoms with Crippen molar-refractivity contribution in [3.8, 4) is 0 Å². The Kier molecular flexibility index (Phi) is 4.27. The van der Waals surface area contributed by atoms with E-state index >= 15 is 0 Å². The van der Waals surface area contributed by atoms with Crippen molar-refractivity contribution in [2.24, 2.45) is 0 Å². The number of hydrogen-bond donors (Lipinski definition) is 1. The lowest BCUT2D eigenvalue weighted by molar-refractivity contribution is -0.384. The zero-order valence-electron chi connectivity index (χ0n) is 11.4. The number of nitro groups is 1. The molecule has 0 fully saturated rings. The number of nitrogens with zero attached hydrogens (tertiary/aromatic N) is 4. The number of carbonyl (C=O) groups is 1. The lowest BCUT2D eigenvalue weighted by Gasteiger charge is -2.05. The molecule has 2 rings (SSSR count). The molecule has 110 valence electrons. The Morgan fingerprint density at radius 2 is 2.05 bits per heavy atom. The van der Waals surface area contributed by atoms with E-state index in [1.54, 1.807) is 16.8 Å². The van der Waals surface area contributed by atoms with Crippen LogP contribution in [-0.4, -0.2) is 31.0 Å². The molecule has 0 aliphatic heterocycles. The summed E-state index contributed by atoms with van der Waals surface area (Å²) in [6.07, 6.45) is 1.11.